The number of ketones is 1. The van der Waals surface area contributed by atoms with Crippen LogP contribution in [0.15, 0.2) is 53.7 Å². The van der Waals surface area contributed by atoms with Crippen molar-refractivity contribution in [2.24, 2.45) is 28.7 Å². The highest BCUT2D eigenvalue weighted by Gasteiger charge is 2.60. The summed E-state index contributed by atoms with van der Waals surface area (Å²) >= 11 is 1.27. The number of amides is 2. The smallest absolute Gasteiger partial charge is 0.410 e. The van der Waals surface area contributed by atoms with E-state index in [1.807, 2.05) is 84.1 Å². The van der Waals surface area contributed by atoms with Crippen molar-refractivity contribution in [3.63, 3.8) is 0 Å². The fourth-order valence-corrected chi connectivity index (χ4v) is 11.6. The van der Waals surface area contributed by atoms with Crippen LogP contribution in [0.4, 0.5) is 4.79 Å². The molecule has 2 aromatic heterocycles. The van der Waals surface area contributed by atoms with Crippen LogP contribution < -0.4 is 5.32 Å². The summed E-state index contributed by atoms with van der Waals surface area (Å²) in [4.78, 5) is 69.9. The number of cyclic esters (lactones) is 1. The zero-order chi connectivity index (χ0) is 48.4. The Kier molecular flexibility index (Phi) is 15.6. The molecule has 2 bridgehead atoms. The lowest BCUT2D eigenvalue weighted by Crippen LogP contribution is -2.60. The Morgan fingerprint density at radius 1 is 1.07 bits per heavy atom. The van der Waals surface area contributed by atoms with E-state index >= 15 is 0 Å². The molecule has 13 atom stereocenters. The van der Waals surface area contributed by atoms with E-state index < -0.39 is 71.5 Å². The van der Waals surface area contributed by atoms with Gasteiger partial charge in [-0.05, 0) is 103 Å². The van der Waals surface area contributed by atoms with Crippen molar-refractivity contribution >= 4 is 51.7 Å². The largest absolute Gasteiger partial charge is 0.458 e. The van der Waals surface area contributed by atoms with E-state index in [9.17, 15) is 24.3 Å². The molecule has 1 aromatic carbocycles. The number of hydrogen-bond donors (Lipinski definition) is 2. The first kappa shape index (κ1) is 50.1. The number of carbonyl (C=O) groups is 4. The molecule has 0 saturated carbocycles. The Bertz CT molecular complexity index is 2400. The fraction of sp³-hybridized carbons (Fsp3) is 0.608. The number of aliphatic hydroxyl groups is 1. The molecule has 0 aliphatic carbocycles. The zero-order valence-electron chi connectivity index (χ0n) is 40.4. The van der Waals surface area contributed by atoms with E-state index in [0.717, 1.165) is 22.2 Å². The maximum Gasteiger partial charge on any atom is 0.410 e. The summed E-state index contributed by atoms with van der Waals surface area (Å²) in [6, 6.07) is 12.7. The first-order valence-electron chi connectivity index (χ1n) is 23.6. The molecule has 67 heavy (non-hydrogen) atoms. The van der Waals surface area contributed by atoms with E-state index in [1.54, 1.807) is 24.0 Å². The number of para-hydroxylation sites is 1. The number of carbonyl (C=O) groups excluding carboxylic acids is 4. The number of Topliss-reactive ketones (excluding diaryl/α,β-unsaturated/α-hetero) is 1. The van der Waals surface area contributed by atoms with Gasteiger partial charge < -0.3 is 39.0 Å². The van der Waals surface area contributed by atoms with Crippen molar-refractivity contribution in [2.45, 2.75) is 135 Å². The number of esters is 1. The quantitative estimate of drug-likeness (QED) is 0.136. The third kappa shape index (κ3) is 10.6. The topological polar surface area (TPSA) is 178 Å². The molecule has 0 radical (unpaired) electrons. The number of aliphatic hydroxyl groups excluding tert-OH is 1. The van der Waals surface area contributed by atoms with Gasteiger partial charge in [0.2, 0.25) is 0 Å². The highest BCUT2D eigenvalue weighted by molar-refractivity contribution is 7.14. The highest BCUT2D eigenvalue weighted by Crippen LogP contribution is 2.44. The van der Waals surface area contributed by atoms with Gasteiger partial charge in [-0.15, -0.1) is 11.3 Å². The molecule has 0 spiro atoms. The number of nitrogens with zero attached hydrogens (tertiary/aromatic N) is 4. The van der Waals surface area contributed by atoms with Crippen LogP contribution in [0.3, 0.4) is 0 Å². The Balaban J connectivity index is 1.17. The zero-order valence-corrected chi connectivity index (χ0v) is 41.3. The van der Waals surface area contributed by atoms with Crippen molar-refractivity contribution in [3.8, 4) is 11.8 Å². The van der Waals surface area contributed by atoms with E-state index in [0.29, 0.717) is 48.7 Å². The van der Waals surface area contributed by atoms with Gasteiger partial charge in [0.1, 0.15) is 24.7 Å². The maximum atomic E-state index is 14.7. The molecule has 6 heterocycles. The number of ether oxygens (including phenoxy) is 5. The number of likely N-dealkylation sites (N-methyl/N-ethyl adjacent to an activating group) is 1. The molecule has 4 aliphatic heterocycles. The second-order valence-electron chi connectivity index (χ2n) is 19.4. The minimum atomic E-state index is -1.30. The van der Waals surface area contributed by atoms with E-state index in [1.165, 1.54) is 18.3 Å². The Morgan fingerprint density at radius 2 is 1.84 bits per heavy atom. The number of pyridine rings is 1. The van der Waals surface area contributed by atoms with Crippen LogP contribution in [0, 0.1) is 35.5 Å². The van der Waals surface area contributed by atoms with Gasteiger partial charge in [-0.2, -0.15) is 0 Å². The van der Waals surface area contributed by atoms with Gasteiger partial charge in [-0.25, -0.2) is 4.79 Å². The molecule has 2 amide bonds. The van der Waals surface area contributed by atoms with Gasteiger partial charge in [-0.3, -0.25) is 29.3 Å². The number of aliphatic imine (C=N–C) groups is 1. The molecule has 16 heteroatoms. The van der Waals surface area contributed by atoms with Gasteiger partial charge in [0, 0.05) is 48.3 Å². The lowest BCUT2D eigenvalue weighted by atomic mass is 9.73. The minimum absolute atomic E-state index is 0.0946. The standard InChI is InChI=1S/C51H67N5O10S/c1-11-40-51(8)44-31(4)41(52-22-23-56(44)49(61)66-51)29(2)27-50(7,45(32(5)42(57)33(6)47(60)64-40)65-48-43(58)38(55(9)10)25-30(3)63-48)62-24-14-16-36-18-19-39(67-36)46(59)53-21-20-34-26-35-15-12-13-17-37(35)54-28-34/h12-13,15,17-19,26,28-33,38,40,43-45,48,58H,11,20-25,27H2,1-10H3,(H,53,59)/t29-,30-,31-,32+,33-,38+,40+,43-,44-,45-,48+,50+,51-/m1/s1. The van der Waals surface area contributed by atoms with Crippen LogP contribution in [0.1, 0.15) is 94.8 Å². The molecule has 4 aliphatic rings. The van der Waals surface area contributed by atoms with E-state index in [2.05, 4.69) is 35.1 Å². The number of nitrogens with one attached hydrogen (secondary N) is 1. The predicted molar refractivity (Wildman–Crippen MR) is 255 cm³/mol. The Labute approximate surface area is 398 Å². The average Bonchev–Trinajstić information content (AvgIpc) is 3.82. The fourth-order valence-electron chi connectivity index (χ4n) is 10.8. The lowest BCUT2D eigenvalue weighted by Gasteiger charge is -2.47. The molecule has 3 fully saturated rings. The Hall–Kier alpha value is -4.76. The molecule has 3 saturated heterocycles. The molecule has 2 N–H and O–H groups in total. The molecular weight excluding hydrogens is 875 g/mol. The first-order valence-corrected chi connectivity index (χ1v) is 24.4. The van der Waals surface area contributed by atoms with Crippen LogP contribution >= 0.6 is 11.3 Å². The minimum Gasteiger partial charge on any atom is -0.458 e. The third-order valence-electron chi connectivity index (χ3n) is 14.2. The van der Waals surface area contributed by atoms with Crippen LogP contribution in [0.5, 0.6) is 0 Å². The monoisotopic (exact) mass is 941 g/mol. The number of benzene rings is 1. The molecule has 7 rings (SSSR count). The third-order valence-corrected chi connectivity index (χ3v) is 15.2. The number of hydrogen-bond acceptors (Lipinski definition) is 14. The van der Waals surface area contributed by atoms with E-state index in [-0.39, 0.29) is 42.9 Å². The number of fused-ring (bicyclic) bond motifs is 2. The van der Waals surface area contributed by atoms with Crippen molar-refractivity contribution < 1.29 is 48.0 Å². The van der Waals surface area contributed by atoms with Crippen molar-refractivity contribution in [2.75, 3.05) is 40.3 Å². The van der Waals surface area contributed by atoms with Gasteiger partial charge in [0.15, 0.2) is 17.7 Å². The van der Waals surface area contributed by atoms with Crippen molar-refractivity contribution in [1.29, 1.82) is 0 Å². The SMILES string of the molecule is CC[C@@H]1OC(=O)[C@H](C)C(=O)[C@H](C)[C@@H](O[C@@H]2O[C@H](C)C[C@H](N(C)C)[C@H]2O)[C@@](C)(OCC#Cc2ccc(C(=O)NCCc3cnc4ccccc4c3)s2)C[C@@H](C)C2=NCCN3C(=O)O[C@@]1(C)[C@H]3[C@@H]2C. The molecule has 0 unspecified atom stereocenters. The number of rotatable bonds is 10. The van der Waals surface area contributed by atoms with Crippen LogP contribution in [0.25, 0.3) is 10.9 Å². The number of thiophene rings is 1. The second-order valence-corrected chi connectivity index (χ2v) is 20.5. The molecular formula is C51H67N5O10S. The first-order chi connectivity index (χ1) is 31.8. The summed E-state index contributed by atoms with van der Waals surface area (Å²) < 4.78 is 32.3. The molecule has 362 valence electrons. The normalized spacial score (nSPS) is 33.8. The van der Waals surface area contributed by atoms with Crippen LogP contribution in [-0.2, 0) is 39.7 Å². The lowest BCUT2D eigenvalue weighted by molar-refractivity contribution is -0.296. The van der Waals surface area contributed by atoms with Crippen molar-refractivity contribution in [3.05, 3.63) is 64.0 Å². The molecule has 15 nitrogen and oxygen atoms in total. The van der Waals surface area contributed by atoms with Gasteiger partial charge in [-0.1, -0.05) is 57.7 Å². The highest BCUT2D eigenvalue weighted by atomic mass is 32.1. The van der Waals surface area contributed by atoms with Crippen LogP contribution in [0.2, 0.25) is 0 Å². The summed E-state index contributed by atoms with van der Waals surface area (Å²) in [5.74, 6) is 2.09. The summed E-state index contributed by atoms with van der Waals surface area (Å²) in [6.45, 7) is 15.8. The van der Waals surface area contributed by atoms with Gasteiger partial charge in [0.25, 0.3) is 5.91 Å². The maximum absolute atomic E-state index is 14.7. The van der Waals surface area contributed by atoms with Crippen LogP contribution in [-0.4, -0.2) is 144 Å². The average molecular weight is 942 g/mol. The summed E-state index contributed by atoms with van der Waals surface area (Å²) in [6.07, 6.45) is -1.26. The van der Waals surface area contributed by atoms with Crippen molar-refractivity contribution in [1.82, 2.24) is 20.1 Å². The van der Waals surface area contributed by atoms with Gasteiger partial charge >= 0.3 is 12.1 Å². The molecule has 3 aromatic rings. The number of aromatic nitrogens is 1. The van der Waals surface area contributed by atoms with E-state index in [4.69, 9.17) is 28.7 Å². The summed E-state index contributed by atoms with van der Waals surface area (Å²) in [7, 11) is 3.78. The van der Waals surface area contributed by atoms with Gasteiger partial charge in [0.05, 0.1) is 45.7 Å². The second kappa shape index (κ2) is 20.9. The summed E-state index contributed by atoms with van der Waals surface area (Å²) in [5, 5.41) is 15.8. The Morgan fingerprint density at radius 3 is 2.58 bits per heavy atom. The predicted octanol–water partition coefficient (Wildman–Crippen LogP) is 6.08. The summed E-state index contributed by atoms with van der Waals surface area (Å²) in [5.41, 5.74) is 0.254.